The van der Waals surface area contributed by atoms with Crippen molar-refractivity contribution in [3.63, 3.8) is 0 Å². The molecular formula is C55H35NOS. The minimum absolute atomic E-state index is 0.497. The Bertz CT molecular complexity index is 3160. The molecule has 3 heteroatoms. The van der Waals surface area contributed by atoms with Crippen LogP contribution in [0.3, 0.4) is 0 Å². The van der Waals surface area contributed by atoms with Crippen LogP contribution < -0.4 is 9.64 Å². The number of nitrogens with zero attached hydrogens (tertiary/aromatic N) is 1. The van der Waals surface area contributed by atoms with Gasteiger partial charge in [-0.05, 0) is 99.6 Å². The van der Waals surface area contributed by atoms with Crippen molar-refractivity contribution in [1.82, 2.24) is 0 Å². The van der Waals surface area contributed by atoms with Crippen LogP contribution in [0.2, 0.25) is 0 Å². The highest BCUT2D eigenvalue weighted by Gasteiger charge is 2.51. The van der Waals surface area contributed by atoms with Crippen LogP contribution in [0.15, 0.2) is 212 Å². The molecule has 0 amide bonds. The van der Waals surface area contributed by atoms with Crippen LogP contribution in [0.25, 0.3) is 53.6 Å². The highest BCUT2D eigenvalue weighted by atomic mass is 32.1. The van der Waals surface area contributed by atoms with Gasteiger partial charge >= 0.3 is 0 Å². The Balaban J connectivity index is 1.08. The van der Waals surface area contributed by atoms with E-state index < -0.39 is 5.41 Å². The van der Waals surface area contributed by atoms with E-state index in [-0.39, 0.29) is 0 Å². The summed E-state index contributed by atoms with van der Waals surface area (Å²) in [6.45, 7) is 0. The number of ether oxygens (including phenoxy) is 1. The topological polar surface area (TPSA) is 12.5 Å². The van der Waals surface area contributed by atoms with Crippen molar-refractivity contribution in [1.29, 1.82) is 0 Å². The minimum Gasteiger partial charge on any atom is -0.457 e. The fourth-order valence-corrected chi connectivity index (χ4v) is 10.9. The second kappa shape index (κ2) is 12.9. The lowest BCUT2D eigenvalue weighted by Gasteiger charge is -2.39. The van der Waals surface area contributed by atoms with E-state index in [1.54, 1.807) is 0 Å². The van der Waals surface area contributed by atoms with Crippen LogP contribution in [0.4, 0.5) is 17.1 Å². The van der Waals surface area contributed by atoms with Gasteiger partial charge in [0.15, 0.2) is 0 Å². The van der Waals surface area contributed by atoms with Crippen molar-refractivity contribution in [2.75, 3.05) is 4.90 Å². The number of rotatable bonds is 5. The van der Waals surface area contributed by atoms with Crippen molar-refractivity contribution in [3.8, 4) is 44.9 Å². The molecular weight excluding hydrogens is 723 g/mol. The quantitative estimate of drug-likeness (QED) is 0.173. The van der Waals surface area contributed by atoms with Crippen LogP contribution in [-0.2, 0) is 5.41 Å². The molecule has 0 saturated carbocycles. The summed E-state index contributed by atoms with van der Waals surface area (Å²) in [7, 11) is 0. The normalized spacial score (nSPS) is 13.1. The lowest BCUT2D eigenvalue weighted by molar-refractivity contribution is 0.436. The number of para-hydroxylation sites is 4. The summed E-state index contributed by atoms with van der Waals surface area (Å²) in [5, 5.41) is 2.57. The summed E-state index contributed by atoms with van der Waals surface area (Å²) < 4.78 is 9.17. The number of hydrogen-bond acceptors (Lipinski definition) is 3. The van der Waals surface area contributed by atoms with Gasteiger partial charge in [-0.1, -0.05) is 152 Å². The molecule has 0 atom stereocenters. The first-order valence-corrected chi connectivity index (χ1v) is 20.7. The summed E-state index contributed by atoms with van der Waals surface area (Å²) in [4.78, 5) is 2.40. The Labute approximate surface area is 341 Å². The maximum Gasteiger partial charge on any atom is 0.132 e. The van der Waals surface area contributed by atoms with E-state index in [2.05, 4.69) is 217 Å². The molecule has 1 aliphatic heterocycles. The van der Waals surface area contributed by atoms with E-state index >= 15 is 0 Å². The molecule has 272 valence electrons. The molecule has 9 aromatic carbocycles. The molecule has 2 nitrogen and oxygen atoms in total. The summed E-state index contributed by atoms with van der Waals surface area (Å²) in [5.41, 5.74) is 15.2. The third-order valence-electron chi connectivity index (χ3n) is 12.1. The molecule has 10 aromatic rings. The Morgan fingerprint density at radius 1 is 0.379 bits per heavy atom. The van der Waals surface area contributed by atoms with Gasteiger partial charge in [0.05, 0.1) is 11.1 Å². The highest BCUT2D eigenvalue weighted by Crippen LogP contribution is 2.63. The zero-order valence-corrected chi connectivity index (χ0v) is 32.3. The first kappa shape index (κ1) is 33.0. The van der Waals surface area contributed by atoms with Crippen LogP contribution in [-0.4, -0.2) is 0 Å². The fraction of sp³-hybridized carbons (Fsp3) is 0.0182. The Hall–Kier alpha value is -7.20. The smallest absolute Gasteiger partial charge is 0.132 e. The fourth-order valence-electron chi connectivity index (χ4n) is 9.73. The molecule has 2 aliphatic rings. The summed E-state index contributed by atoms with van der Waals surface area (Å²) in [6, 6.07) is 77.2. The van der Waals surface area contributed by atoms with Gasteiger partial charge in [0.2, 0.25) is 0 Å². The lowest BCUT2D eigenvalue weighted by Crippen LogP contribution is -2.32. The van der Waals surface area contributed by atoms with Gasteiger partial charge in [0, 0.05) is 48.2 Å². The molecule has 1 spiro atoms. The van der Waals surface area contributed by atoms with Crippen LogP contribution in [0, 0.1) is 0 Å². The second-order valence-electron chi connectivity index (χ2n) is 15.2. The van der Waals surface area contributed by atoms with Crippen molar-refractivity contribution in [2.24, 2.45) is 0 Å². The lowest BCUT2D eigenvalue weighted by atomic mass is 9.66. The van der Waals surface area contributed by atoms with Crippen LogP contribution >= 0.6 is 11.3 Å². The number of benzene rings is 9. The molecule has 1 aliphatic carbocycles. The number of anilines is 3. The monoisotopic (exact) mass is 757 g/mol. The highest BCUT2D eigenvalue weighted by molar-refractivity contribution is 7.26. The molecule has 0 saturated heterocycles. The molecule has 1 aromatic heterocycles. The van der Waals surface area contributed by atoms with E-state index in [4.69, 9.17) is 4.74 Å². The van der Waals surface area contributed by atoms with Crippen LogP contribution in [0.1, 0.15) is 22.3 Å². The van der Waals surface area contributed by atoms with E-state index in [1.165, 1.54) is 75.8 Å². The number of thiophene rings is 1. The average Bonchev–Trinajstić information content (AvgIpc) is 3.80. The van der Waals surface area contributed by atoms with Gasteiger partial charge in [-0.25, -0.2) is 0 Å². The molecule has 0 N–H and O–H groups in total. The summed E-state index contributed by atoms with van der Waals surface area (Å²) in [5.74, 6) is 1.83. The van der Waals surface area contributed by atoms with Gasteiger partial charge < -0.3 is 9.64 Å². The number of hydrogen-bond donors (Lipinski definition) is 0. The Morgan fingerprint density at radius 2 is 0.948 bits per heavy atom. The maximum atomic E-state index is 6.61. The van der Waals surface area contributed by atoms with Crippen molar-refractivity contribution < 1.29 is 4.74 Å². The molecule has 2 heterocycles. The first-order chi connectivity index (χ1) is 28.8. The minimum atomic E-state index is -0.497. The van der Waals surface area contributed by atoms with Gasteiger partial charge in [0.1, 0.15) is 11.5 Å². The van der Waals surface area contributed by atoms with Crippen molar-refractivity contribution in [3.05, 3.63) is 235 Å². The Morgan fingerprint density at radius 3 is 1.69 bits per heavy atom. The molecule has 58 heavy (non-hydrogen) atoms. The average molecular weight is 758 g/mol. The second-order valence-corrected chi connectivity index (χ2v) is 16.2. The van der Waals surface area contributed by atoms with E-state index in [0.717, 1.165) is 28.6 Å². The maximum absolute atomic E-state index is 6.61. The van der Waals surface area contributed by atoms with E-state index in [9.17, 15) is 0 Å². The summed E-state index contributed by atoms with van der Waals surface area (Å²) in [6.07, 6.45) is 0. The molecule has 0 unspecified atom stereocenters. The van der Waals surface area contributed by atoms with E-state index in [1.807, 2.05) is 11.3 Å². The SMILES string of the molecule is c1ccc(-c2ccc(N(c3ccccc3)c3ccccc3-c3cccc4sc5cc6c(cc5c34)-c3ccccc3C63c4ccccc4Oc4ccccc43)cc2)cc1. The zero-order valence-electron chi connectivity index (χ0n) is 31.5. The number of fused-ring (bicyclic) bond motifs is 12. The molecule has 0 bridgehead atoms. The first-order valence-electron chi connectivity index (χ1n) is 19.8. The van der Waals surface area contributed by atoms with Gasteiger partial charge in [-0.2, -0.15) is 0 Å². The van der Waals surface area contributed by atoms with Crippen molar-refractivity contribution >= 4 is 48.6 Å². The largest absolute Gasteiger partial charge is 0.457 e. The van der Waals surface area contributed by atoms with Crippen molar-refractivity contribution in [2.45, 2.75) is 5.41 Å². The molecule has 12 rings (SSSR count). The standard InChI is InChI=1S/C55H35NOS/c1-3-16-36(17-4-1)37-30-32-39(33-31-37)56(38-18-5-2-6-19-38)49-26-12-8-21-41(49)42-22-15-29-52-54(42)44-34-43-40-20-7-9-23-45(40)55(48(43)35-53(44)58-52)46-24-10-13-27-50(46)57-51-28-14-11-25-47(51)55/h1-35H. The zero-order chi connectivity index (χ0) is 38.2. The molecule has 0 radical (unpaired) electrons. The predicted molar refractivity (Wildman–Crippen MR) is 242 cm³/mol. The van der Waals surface area contributed by atoms with Gasteiger partial charge in [-0.3, -0.25) is 0 Å². The predicted octanol–water partition coefficient (Wildman–Crippen LogP) is 15.3. The third kappa shape index (κ3) is 4.78. The van der Waals surface area contributed by atoms with Gasteiger partial charge in [-0.15, -0.1) is 11.3 Å². The third-order valence-corrected chi connectivity index (χ3v) is 13.3. The Kier molecular flexibility index (Phi) is 7.35. The van der Waals surface area contributed by atoms with E-state index in [0.29, 0.717) is 0 Å². The molecule has 0 fully saturated rings. The summed E-state index contributed by atoms with van der Waals surface area (Å²) >= 11 is 1.89. The van der Waals surface area contributed by atoms with Crippen LogP contribution in [0.5, 0.6) is 11.5 Å². The van der Waals surface area contributed by atoms with Gasteiger partial charge in [0.25, 0.3) is 0 Å².